The molecule has 0 radical (unpaired) electrons. The van der Waals surface area contributed by atoms with Crippen molar-refractivity contribution in [3.05, 3.63) is 34.9 Å². The number of rotatable bonds is 1. The van der Waals surface area contributed by atoms with Crippen molar-refractivity contribution < 1.29 is 4.79 Å². The molecule has 1 rings (SSSR count). The van der Waals surface area contributed by atoms with Crippen LogP contribution in [-0.4, -0.2) is 12.3 Å². The molecule has 0 fully saturated rings. The molecule has 0 unspecified atom stereocenters. The summed E-state index contributed by atoms with van der Waals surface area (Å²) in [6.07, 6.45) is 0. The highest BCUT2D eigenvalue weighted by atomic mass is 16.1. The van der Waals surface area contributed by atoms with Crippen LogP contribution in [0.15, 0.2) is 18.2 Å². The topological polar surface area (TPSA) is 43.1 Å². The number of aryl methyl sites for hydroxylation is 1. The molecule has 72 valence electrons. The van der Waals surface area contributed by atoms with E-state index in [4.69, 9.17) is 5.73 Å². The minimum absolute atomic E-state index is 0.0563. The summed E-state index contributed by atoms with van der Waals surface area (Å²) in [5.41, 5.74) is 7.92. The lowest BCUT2D eigenvalue weighted by molar-refractivity contribution is 0.101. The number of hydrogen-bond acceptors (Lipinski definition) is 2. The molecule has 0 aliphatic rings. The Morgan fingerprint density at radius 2 is 2.21 bits per heavy atom. The number of nitrogens with two attached hydrogens (primary N) is 1. The van der Waals surface area contributed by atoms with Gasteiger partial charge in [-0.2, -0.15) is 0 Å². The monoisotopic (exact) mass is 187 g/mol. The average Bonchev–Trinajstić information content (AvgIpc) is 2.16. The van der Waals surface area contributed by atoms with Crippen molar-refractivity contribution in [1.29, 1.82) is 0 Å². The van der Waals surface area contributed by atoms with Crippen LogP contribution in [0, 0.1) is 18.8 Å². The summed E-state index contributed by atoms with van der Waals surface area (Å²) in [4.78, 5) is 11.1. The molecule has 0 heterocycles. The molecular weight excluding hydrogens is 174 g/mol. The van der Waals surface area contributed by atoms with Gasteiger partial charge in [-0.15, -0.1) is 0 Å². The third-order valence-corrected chi connectivity index (χ3v) is 1.97. The van der Waals surface area contributed by atoms with E-state index in [-0.39, 0.29) is 5.78 Å². The van der Waals surface area contributed by atoms with Gasteiger partial charge in [-0.3, -0.25) is 4.79 Å². The van der Waals surface area contributed by atoms with Gasteiger partial charge in [-0.1, -0.05) is 24.0 Å². The summed E-state index contributed by atoms with van der Waals surface area (Å²) in [5.74, 6) is 5.77. The molecule has 2 nitrogen and oxygen atoms in total. The Labute approximate surface area is 84.1 Å². The van der Waals surface area contributed by atoms with Gasteiger partial charge in [0.1, 0.15) is 0 Å². The third-order valence-electron chi connectivity index (χ3n) is 1.97. The van der Waals surface area contributed by atoms with Gasteiger partial charge in [0.15, 0.2) is 5.78 Å². The van der Waals surface area contributed by atoms with Crippen LogP contribution in [0.1, 0.15) is 28.4 Å². The van der Waals surface area contributed by atoms with Crippen molar-refractivity contribution >= 4 is 5.78 Å². The number of ketones is 1. The van der Waals surface area contributed by atoms with E-state index in [1.54, 1.807) is 13.0 Å². The van der Waals surface area contributed by atoms with Crippen molar-refractivity contribution in [1.82, 2.24) is 0 Å². The first-order valence-electron chi connectivity index (χ1n) is 4.45. The number of carbonyl (C=O) groups is 1. The predicted octanol–water partition coefficient (Wildman–Crippen LogP) is 1.51. The van der Waals surface area contributed by atoms with E-state index in [0.717, 1.165) is 11.1 Å². The number of carbonyl (C=O) groups excluding carboxylic acids is 1. The maximum atomic E-state index is 11.1. The zero-order chi connectivity index (χ0) is 10.6. The molecule has 0 saturated carbocycles. The Morgan fingerprint density at radius 3 is 2.79 bits per heavy atom. The van der Waals surface area contributed by atoms with Gasteiger partial charge in [-0.05, 0) is 25.5 Å². The summed E-state index contributed by atoms with van der Waals surface area (Å²) >= 11 is 0. The Balaban J connectivity index is 3.14. The van der Waals surface area contributed by atoms with E-state index >= 15 is 0 Å². The summed E-state index contributed by atoms with van der Waals surface area (Å²) in [7, 11) is 0. The summed E-state index contributed by atoms with van der Waals surface area (Å²) in [6.45, 7) is 3.85. The lowest BCUT2D eigenvalue weighted by Crippen LogP contribution is -1.96. The van der Waals surface area contributed by atoms with Crippen LogP contribution >= 0.6 is 0 Å². The lowest BCUT2D eigenvalue weighted by atomic mass is 10.0. The molecule has 0 amide bonds. The van der Waals surface area contributed by atoms with E-state index in [1.165, 1.54) is 0 Å². The first-order valence-corrected chi connectivity index (χ1v) is 4.45. The third kappa shape index (κ3) is 2.45. The van der Waals surface area contributed by atoms with Gasteiger partial charge in [0, 0.05) is 11.1 Å². The SMILES string of the molecule is CC(=O)c1ccc(C)c(C#CCN)c1. The fraction of sp³-hybridized carbons (Fsp3) is 0.250. The highest BCUT2D eigenvalue weighted by Gasteiger charge is 2.01. The number of hydrogen-bond donors (Lipinski definition) is 1. The molecule has 2 N–H and O–H groups in total. The molecule has 14 heavy (non-hydrogen) atoms. The molecule has 2 heteroatoms. The lowest BCUT2D eigenvalue weighted by Gasteiger charge is -2.00. The second kappa shape index (κ2) is 4.59. The van der Waals surface area contributed by atoms with E-state index in [1.807, 2.05) is 19.1 Å². The Morgan fingerprint density at radius 1 is 1.50 bits per heavy atom. The molecule has 0 aliphatic carbocycles. The summed E-state index contributed by atoms with van der Waals surface area (Å²) < 4.78 is 0. The van der Waals surface area contributed by atoms with Gasteiger partial charge in [0.2, 0.25) is 0 Å². The van der Waals surface area contributed by atoms with Gasteiger partial charge in [0.25, 0.3) is 0 Å². The van der Waals surface area contributed by atoms with Crippen molar-refractivity contribution in [2.24, 2.45) is 5.73 Å². The zero-order valence-electron chi connectivity index (χ0n) is 8.42. The number of Topliss-reactive ketones (excluding diaryl/α,β-unsaturated/α-hetero) is 1. The Hall–Kier alpha value is -1.59. The maximum absolute atomic E-state index is 11.1. The average molecular weight is 187 g/mol. The molecular formula is C12H13NO. The van der Waals surface area contributed by atoms with Crippen molar-refractivity contribution in [2.75, 3.05) is 6.54 Å². The molecule has 1 aromatic rings. The fourth-order valence-electron chi connectivity index (χ4n) is 1.12. The maximum Gasteiger partial charge on any atom is 0.159 e. The zero-order valence-corrected chi connectivity index (χ0v) is 8.42. The normalized spacial score (nSPS) is 9.07. The largest absolute Gasteiger partial charge is 0.320 e. The summed E-state index contributed by atoms with van der Waals surface area (Å²) in [5, 5.41) is 0. The van der Waals surface area contributed by atoms with Crippen LogP contribution in [0.4, 0.5) is 0 Å². The van der Waals surface area contributed by atoms with Crippen LogP contribution in [-0.2, 0) is 0 Å². The second-order valence-electron chi connectivity index (χ2n) is 3.09. The highest BCUT2D eigenvalue weighted by molar-refractivity contribution is 5.94. The molecule has 0 aliphatic heterocycles. The fourth-order valence-corrected chi connectivity index (χ4v) is 1.12. The van der Waals surface area contributed by atoms with Crippen molar-refractivity contribution in [3.8, 4) is 11.8 Å². The van der Waals surface area contributed by atoms with Crippen LogP contribution < -0.4 is 5.73 Å². The number of benzene rings is 1. The van der Waals surface area contributed by atoms with Crippen LogP contribution in [0.3, 0.4) is 0 Å². The molecule has 0 atom stereocenters. The molecule has 0 saturated heterocycles. The van der Waals surface area contributed by atoms with Crippen molar-refractivity contribution in [3.63, 3.8) is 0 Å². The van der Waals surface area contributed by atoms with E-state index < -0.39 is 0 Å². The highest BCUT2D eigenvalue weighted by Crippen LogP contribution is 2.10. The first-order chi connectivity index (χ1) is 6.65. The minimum atomic E-state index is 0.0563. The van der Waals surface area contributed by atoms with Crippen LogP contribution in [0.2, 0.25) is 0 Å². The molecule has 0 aromatic heterocycles. The standard InChI is InChI=1S/C12H13NO/c1-9-5-6-12(10(2)14)8-11(9)4-3-7-13/h5-6,8H,7,13H2,1-2H3. The quantitative estimate of drug-likeness (QED) is 0.535. The van der Waals surface area contributed by atoms with Gasteiger partial charge in [0.05, 0.1) is 6.54 Å². The van der Waals surface area contributed by atoms with Crippen LogP contribution in [0.5, 0.6) is 0 Å². The first kappa shape index (κ1) is 10.5. The van der Waals surface area contributed by atoms with E-state index in [0.29, 0.717) is 12.1 Å². The smallest absolute Gasteiger partial charge is 0.159 e. The van der Waals surface area contributed by atoms with E-state index in [2.05, 4.69) is 11.8 Å². The molecule has 0 bridgehead atoms. The van der Waals surface area contributed by atoms with Gasteiger partial charge < -0.3 is 5.73 Å². The van der Waals surface area contributed by atoms with Crippen LogP contribution in [0.25, 0.3) is 0 Å². The second-order valence-corrected chi connectivity index (χ2v) is 3.09. The minimum Gasteiger partial charge on any atom is -0.320 e. The van der Waals surface area contributed by atoms with Gasteiger partial charge in [-0.25, -0.2) is 0 Å². The Bertz CT molecular complexity index is 410. The van der Waals surface area contributed by atoms with E-state index in [9.17, 15) is 4.79 Å². The molecule has 0 spiro atoms. The van der Waals surface area contributed by atoms with Gasteiger partial charge >= 0.3 is 0 Å². The summed E-state index contributed by atoms with van der Waals surface area (Å²) in [6, 6.07) is 5.52. The van der Waals surface area contributed by atoms with Crippen molar-refractivity contribution in [2.45, 2.75) is 13.8 Å². The predicted molar refractivity (Wildman–Crippen MR) is 57.1 cm³/mol. The Kier molecular flexibility index (Phi) is 3.44. The molecule has 1 aromatic carbocycles.